The lowest BCUT2D eigenvalue weighted by molar-refractivity contribution is -0.145. The lowest BCUT2D eigenvalue weighted by atomic mass is 10.0. The lowest BCUT2D eigenvalue weighted by Gasteiger charge is -2.22. The van der Waals surface area contributed by atoms with Crippen LogP contribution in [0.1, 0.15) is 25.8 Å². The summed E-state index contributed by atoms with van der Waals surface area (Å²) < 4.78 is 18.5. The summed E-state index contributed by atoms with van der Waals surface area (Å²) in [7, 11) is 1.17. The van der Waals surface area contributed by atoms with Crippen LogP contribution in [0.4, 0.5) is 4.39 Å². The standard InChI is InChI=1S/C18H22FN3O4/c1-11(10-20)8-16(18(25)26-3)22-17(24)15(21-12(2)23)9-13-6-4-5-7-14(13)19/h4-7,11,15-16H,8-9H2,1-3H3,(H,21,23)(H,22,24)/t11-,15-,16+/m1/s1. The summed E-state index contributed by atoms with van der Waals surface area (Å²) >= 11 is 0. The van der Waals surface area contributed by atoms with Gasteiger partial charge in [0.25, 0.3) is 0 Å². The summed E-state index contributed by atoms with van der Waals surface area (Å²) in [4.78, 5) is 35.8. The molecule has 0 aliphatic heterocycles. The normalized spacial score (nSPS) is 13.7. The SMILES string of the molecule is COC(=O)[C@H](C[C@@H](C)C#N)NC(=O)[C@@H](Cc1ccccc1F)NC(C)=O. The summed E-state index contributed by atoms with van der Waals surface area (Å²) in [5, 5.41) is 13.8. The van der Waals surface area contributed by atoms with Gasteiger partial charge < -0.3 is 15.4 Å². The molecule has 0 aliphatic carbocycles. The predicted octanol–water partition coefficient (Wildman–Crippen LogP) is 1.08. The highest BCUT2D eigenvalue weighted by Gasteiger charge is 2.28. The zero-order valence-corrected chi connectivity index (χ0v) is 14.9. The highest BCUT2D eigenvalue weighted by atomic mass is 19.1. The van der Waals surface area contributed by atoms with Crippen molar-refractivity contribution in [2.45, 2.75) is 38.8 Å². The van der Waals surface area contributed by atoms with E-state index in [-0.39, 0.29) is 18.4 Å². The van der Waals surface area contributed by atoms with Crippen molar-refractivity contribution in [3.63, 3.8) is 0 Å². The van der Waals surface area contributed by atoms with Gasteiger partial charge in [0, 0.05) is 19.3 Å². The molecule has 0 heterocycles. The molecule has 0 aromatic heterocycles. The average molecular weight is 363 g/mol. The smallest absolute Gasteiger partial charge is 0.328 e. The third kappa shape index (κ3) is 6.51. The van der Waals surface area contributed by atoms with Gasteiger partial charge in [-0.2, -0.15) is 5.26 Å². The minimum absolute atomic E-state index is 0.0569. The monoisotopic (exact) mass is 363 g/mol. The van der Waals surface area contributed by atoms with Crippen LogP contribution in [0, 0.1) is 23.1 Å². The summed E-state index contributed by atoms with van der Waals surface area (Å²) in [5.74, 6) is -2.83. The molecular formula is C18H22FN3O4. The largest absolute Gasteiger partial charge is 0.467 e. The van der Waals surface area contributed by atoms with Gasteiger partial charge in [-0.05, 0) is 25.0 Å². The molecule has 0 unspecified atom stereocenters. The van der Waals surface area contributed by atoms with Gasteiger partial charge in [0.1, 0.15) is 17.9 Å². The second kappa shape index (κ2) is 10.1. The molecule has 140 valence electrons. The quantitative estimate of drug-likeness (QED) is 0.672. The van der Waals surface area contributed by atoms with Crippen LogP contribution in [0.2, 0.25) is 0 Å². The number of carbonyl (C=O) groups is 3. The number of esters is 1. The molecule has 3 atom stereocenters. The first-order chi connectivity index (χ1) is 12.3. The number of rotatable bonds is 8. The topological polar surface area (TPSA) is 108 Å². The molecule has 0 bridgehead atoms. The van der Waals surface area contributed by atoms with Crippen LogP contribution in [-0.4, -0.2) is 37.0 Å². The van der Waals surface area contributed by atoms with E-state index in [1.54, 1.807) is 13.0 Å². The van der Waals surface area contributed by atoms with Crippen LogP contribution >= 0.6 is 0 Å². The zero-order valence-electron chi connectivity index (χ0n) is 14.9. The van der Waals surface area contributed by atoms with Crippen molar-refractivity contribution < 1.29 is 23.5 Å². The van der Waals surface area contributed by atoms with Crippen molar-refractivity contribution in [3.8, 4) is 6.07 Å². The van der Waals surface area contributed by atoms with Gasteiger partial charge in [-0.15, -0.1) is 0 Å². The highest BCUT2D eigenvalue weighted by molar-refractivity contribution is 5.90. The van der Waals surface area contributed by atoms with Gasteiger partial charge in [-0.1, -0.05) is 18.2 Å². The number of nitrogens with one attached hydrogen (secondary N) is 2. The van der Waals surface area contributed by atoms with E-state index in [2.05, 4.69) is 15.4 Å². The van der Waals surface area contributed by atoms with Gasteiger partial charge in [-0.25, -0.2) is 9.18 Å². The van der Waals surface area contributed by atoms with E-state index < -0.39 is 41.6 Å². The second-order valence-electron chi connectivity index (χ2n) is 5.90. The lowest BCUT2D eigenvalue weighted by Crippen LogP contribution is -2.52. The zero-order chi connectivity index (χ0) is 19.7. The Bertz CT molecular complexity index is 702. The van der Waals surface area contributed by atoms with Crippen LogP contribution in [0.25, 0.3) is 0 Å². The summed E-state index contributed by atoms with van der Waals surface area (Å²) in [6, 6.07) is 5.76. The minimum Gasteiger partial charge on any atom is -0.467 e. The van der Waals surface area contributed by atoms with Crippen LogP contribution in [0.5, 0.6) is 0 Å². The first-order valence-electron chi connectivity index (χ1n) is 8.06. The van der Waals surface area contributed by atoms with Gasteiger partial charge >= 0.3 is 5.97 Å². The van der Waals surface area contributed by atoms with E-state index in [4.69, 9.17) is 5.26 Å². The van der Waals surface area contributed by atoms with Gasteiger partial charge in [0.05, 0.1) is 13.2 Å². The Kier molecular flexibility index (Phi) is 8.22. The molecule has 0 aliphatic rings. The van der Waals surface area contributed by atoms with Crippen molar-refractivity contribution in [2.24, 2.45) is 5.92 Å². The van der Waals surface area contributed by atoms with E-state index in [1.165, 1.54) is 32.2 Å². The molecule has 1 aromatic rings. The number of amides is 2. The molecule has 2 N–H and O–H groups in total. The third-order valence-corrected chi connectivity index (χ3v) is 3.69. The van der Waals surface area contributed by atoms with Crippen molar-refractivity contribution in [3.05, 3.63) is 35.6 Å². The van der Waals surface area contributed by atoms with E-state index in [9.17, 15) is 18.8 Å². The first-order valence-corrected chi connectivity index (χ1v) is 8.06. The Hall–Kier alpha value is -2.95. The number of hydrogen-bond donors (Lipinski definition) is 2. The Morgan fingerprint density at radius 1 is 1.23 bits per heavy atom. The average Bonchev–Trinajstić information content (AvgIpc) is 2.60. The van der Waals surface area contributed by atoms with Crippen molar-refractivity contribution in [2.75, 3.05) is 7.11 Å². The minimum atomic E-state index is -1.08. The van der Waals surface area contributed by atoms with E-state index in [0.29, 0.717) is 0 Å². The number of nitrogens with zero attached hydrogens (tertiary/aromatic N) is 1. The Morgan fingerprint density at radius 2 is 1.88 bits per heavy atom. The first kappa shape index (κ1) is 21.1. The Morgan fingerprint density at radius 3 is 2.42 bits per heavy atom. The fourth-order valence-electron chi connectivity index (χ4n) is 2.37. The number of halogens is 1. The molecule has 8 heteroatoms. The fraction of sp³-hybridized carbons (Fsp3) is 0.444. The summed E-state index contributed by atoms with van der Waals surface area (Å²) in [5.41, 5.74) is 0.251. The molecule has 0 saturated heterocycles. The Balaban J connectivity index is 2.96. The summed E-state index contributed by atoms with van der Waals surface area (Å²) in [6.07, 6.45) is -0.0266. The molecule has 0 saturated carbocycles. The fourth-order valence-corrected chi connectivity index (χ4v) is 2.37. The van der Waals surface area contributed by atoms with Crippen molar-refractivity contribution in [1.82, 2.24) is 10.6 Å². The summed E-state index contributed by atoms with van der Waals surface area (Å²) in [6.45, 7) is 2.84. The van der Waals surface area contributed by atoms with Crippen LogP contribution in [0.3, 0.4) is 0 Å². The van der Waals surface area contributed by atoms with Gasteiger partial charge in [0.2, 0.25) is 11.8 Å². The number of methoxy groups -OCH3 is 1. The Labute approximate surface area is 151 Å². The maximum Gasteiger partial charge on any atom is 0.328 e. The highest BCUT2D eigenvalue weighted by Crippen LogP contribution is 2.11. The van der Waals surface area contributed by atoms with Gasteiger partial charge in [-0.3, -0.25) is 9.59 Å². The molecular weight excluding hydrogens is 341 g/mol. The van der Waals surface area contributed by atoms with Crippen LogP contribution in [-0.2, 0) is 25.5 Å². The molecule has 1 aromatic carbocycles. The maximum absolute atomic E-state index is 13.9. The number of nitriles is 1. The van der Waals surface area contributed by atoms with Crippen LogP contribution in [0.15, 0.2) is 24.3 Å². The molecule has 0 fully saturated rings. The number of hydrogen-bond acceptors (Lipinski definition) is 5. The number of carbonyl (C=O) groups excluding carboxylic acids is 3. The number of ether oxygens (including phenoxy) is 1. The molecule has 26 heavy (non-hydrogen) atoms. The van der Waals surface area contributed by atoms with E-state index >= 15 is 0 Å². The molecule has 7 nitrogen and oxygen atoms in total. The molecule has 0 spiro atoms. The third-order valence-electron chi connectivity index (χ3n) is 3.69. The van der Waals surface area contributed by atoms with Crippen molar-refractivity contribution >= 4 is 17.8 Å². The predicted molar refractivity (Wildman–Crippen MR) is 91.0 cm³/mol. The molecule has 1 rings (SSSR count). The van der Waals surface area contributed by atoms with Gasteiger partial charge in [0.15, 0.2) is 0 Å². The van der Waals surface area contributed by atoms with E-state index in [0.717, 1.165) is 0 Å². The number of benzene rings is 1. The van der Waals surface area contributed by atoms with Crippen molar-refractivity contribution in [1.29, 1.82) is 5.26 Å². The second-order valence-corrected chi connectivity index (χ2v) is 5.90. The maximum atomic E-state index is 13.9. The molecule has 2 amide bonds. The molecule has 0 radical (unpaired) electrons. The van der Waals surface area contributed by atoms with E-state index in [1.807, 2.05) is 6.07 Å². The van der Waals surface area contributed by atoms with Crippen LogP contribution < -0.4 is 10.6 Å².